The summed E-state index contributed by atoms with van der Waals surface area (Å²) in [7, 11) is 0. The third-order valence-electron chi connectivity index (χ3n) is 5.12. The van der Waals surface area contributed by atoms with Crippen LogP contribution in [0.25, 0.3) is 0 Å². The highest BCUT2D eigenvalue weighted by atomic mass is 35.5. The molecule has 1 heterocycles. The van der Waals surface area contributed by atoms with E-state index >= 15 is 0 Å². The maximum absolute atomic E-state index is 14.4. The summed E-state index contributed by atoms with van der Waals surface area (Å²) in [4.78, 5) is 24.5. The number of rotatable bonds is 5. The topological polar surface area (TPSA) is 88.1 Å². The Hall–Kier alpha value is -3.92. The first kappa shape index (κ1) is 23.2. The molecule has 3 aromatic rings. The largest absolute Gasteiger partial charge is 0.465 e. The second-order valence-corrected chi connectivity index (χ2v) is 7.74. The van der Waals surface area contributed by atoms with E-state index in [4.69, 9.17) is 21.1 Å². The summed E-state index contributed by atoms with van der Waals surface area (Å²) in [6.45, 7) is -1.26. The van der Waals surface area contributed by atoms with E-state index in [2.05, 4.69) is 5.32 Å². The summed E-state index contributed by atoms with van der Waals surface area (Å²) in [6.07, 6.45) is -8.23. The molecule has 0 radical (unpaired) electrons. The highest BCUT2D eigenvalue weighted by molar-refractivity contribution is 6.30. The Bertz CT molecular complexity index is 1220. The predicted molar refractivity (Wildman–Crippen MR) is 118 cm³/mol. The number of amides is 2. The molecular formula is C23H16ClF3N2O5. The number of cyclic esters (lactones) is 1. The van der Waals surface area contributed by atoms with Crippen molar-refractivity contribution in [1.29, 1.82) is 0 Å². The Morgan fingerprint density at radius 2 is 1.71 bits per heavy atom. The lowest BCUT2D eigenvalue weighted by molar-refractivity contribution is -0.260. The molecule has 0 aromatic heterocycles. The fraction of sp³-hybridized carbons (Fsp3) is 0.130. The zero-order valence-electron chi connectivity index (χ0n) is 17.2. The predicted octanol–water partition coefficient (Wildman–Crippen LogP) is 6.64. The van der Waals surface area contributed by atoms with Crippen LogP contribution in [0.2, 0.25) is 5.02 Å². The van der Waals surface area contributed by atoms with E-state index in [9.17, 15) is 27.9 Å². The third kappa shape index (κ3) is 4.44. The fourth-order valence-corrected chi connectivity index (χ4v) is 3.71. The summed E-state index contributed by atoms with van der Waals surface area (Å²) < 4.78 is 53.7. The number of nitrogens with zero attached hydrogens (tertiary/aromatic N) is 1. The zero-order chi connectivity index (χ0) is 24.5. The standard InChI is InChI=1S/C23H16ClF3N2O5/c24-14-6-11-19-18(12-14)22(23(25,26)27,34-20(30)28-19)13-29(21(31)32)15-7-9-17(10-8-15)33-16-4-2-1-3-5-16/h1-12H,13H2,(H,28,30)(H,31,32). The Morgan fingerprint density at radius 1 is 1.06 bits per heavy atom. The second-order valence-electron chi connectivity index (χ2n) is 7.31. The molecule has 1 aliphatic heterocycles. The molecule has 0 saturated heterocycles. The summed E-state index contributed by atoms with van der Waals surface area (Å²) >= 11 is 5.91. The molecule has 1 aliphatic rings. The molecule has 0 saturated carbocycles. The van der Waals surface area contributed by atoms with Gasteiger partial charge in [-0.25, -0.2) is 9.59 Å². The van der Waals surface area contributed by atoms with Crippen LogP contribution >= 0.6 is 11.6 Å². The van der Waals surface area contributed by atoms with Crippen molar-refractivity contribution in [2.75, 3.05) is 16.8 Å². The molecular weight excluding hydrogens is 477 g/mol. The minimum atomic E-state index is -5.17. The van der Waals surface area contributed by atoms with Gasteiger partial charge in [0.15, 0.2) is 0 Å². The Kier molecular flexibility index (Phi) is 6.01. The lowest BCUT2D eigenvalue weighted by Crippen LogP contribution is -2.57. The van der Waals surface area contributed by atoms with E-state index < -0.39 is 36.1 Å². The number of fused-ring (bicyclic) bond motifs is 1. The van der Waals surface area contributed by atoms with Crippen LogP contribution in [0.1, 0.15) is 5.56 Å². The van der Waals surface area contributed by atoms with Gasteiger partial charge in [-0.05, 0) is 54.6 Å². The Balaban J connectivity index is 1.72. The normalized spacial score (nSPS) is 17.2. The molecule has 1 unspecified atom stereocenters. The average Bonchev–Trinajstić information content (AvgIpc) is 2.78. The van der Waals surface area contributed by atoms with Crippen LogP contribution in [0.5, 0.6) is 11.5 Å². The molecule has 3 aromatic carbocycles. The summed E-state index contributed by atoms with van der Waals surface area (Å²) in [5.41, 5.74) is -4.08. The molecule has 7 nitrogen and oxygen atoms in total. The van der Waals surface area contributed by atoms with E-state index in [0.717, 1.165) is 6.07 Å². The van der Waals surface area contributed by atoms with Crippen LogP contribution in [0, 0.1) is 0 Å². The quantitative estimate of drug-likeness (QED) is 0.417. The number of para-hydroxylation sites is 1. The zero-order valence-corrected chi connectivity index (χ0v) is 17.9. The highest BCUT2D eigenvalue weighted by Crippen LogP contribution is 2.49. The van der Waals surface area contributed by atoms with Crippen molar-refractivity contribution in [3.8, 4) is 11.5 Å². The smallest absolute Gasteiger partial charge is 0.434 e. The van der Waals surface area contributed by atoms with Crippen molar-refractivity contribution in [1.82, 2.24) is 0 Å². The molecule has 11 heteroatoms. The number of carbonyl (C=O) groups is 2. The molecule has 0 fully saturated rings. The number of hydrogen-bond acceptors (Lipinski definition) is 4. The van der Waals surface area contributed by atoms with E-state index in [1.54, 1.807) is 30.3 Å². The number of carbonyl (C=O) groups excluding carboxylic acids is 1. The van der Waals surface area contributed by atoms with Gasteiger partial charge in [0.05, 0.1) is 12.2 Å². The van der Waals surface area contributed by atoms with Crippen LogP contribution in [0.3, 0.4) is 0 Å². The first-order valence-electron chi connectivity index (χ1n) is 9.79. The van der Waals surface area contributed by atoms with Crippen molar-refractivity contribution in [3.05, 3.63) is 83.4 Å². The van der Waals surface area contributed by atoms with E-state index in [1.807, 2.05) is 0 Å². The van der Waals surface area contributed by atoms with E-state index in [0.29, 0.717) is 16.4 Å². The van der Waals surface area contributed by atoms with Gasteiger partial charge in [0, 0.05) is 16.3 Å². The summed E-state index contributed by atoms with van der Waals surface area (Å²) in [6, 6.07) is 17.6. The molecule has 4 rings (SSSR count). The van der Waals surface area contributed by atoms with Gasteiger partial charge >= 0.3 is 18.4 Å². The number of nitrogens with one attached hydrogen (secondary N) is 1. The molecule has 2 amide bonds. The highest BCUT2D eigenvalue weighted by Gasteiger charge is 2.63. The first-order chi connectivity index (χ1) is 16.1. The molecule has 0 aliphatic carbocycles. The van der Waals surface area contributed by atoms with Gasteiger partial charge < -0.3 is 14.6 Å². The van der Waals surface area contributed by atoms with E-state index in [-0.39, 0.29) is 16.4 Å². The molecule has 0 spiro atoms. The minimum Gasteiger partial charge on any atom is -0.465 e. The second kappa shape index (κ2) is 8.79. The van der Waals surface area contributed by atoms with Gasteiger partial charge in [-0.1, -0.05) is 29.8 Å². The van der Waals surface area contributed by atoms with Gasteiger partial charge in [0.25, 0.3) is 5.60 Å². The Morgan fingerprint density at radius 3 is 2.32 bits per heavy atom. The SMILES string of the molecule is O=C1Nc2ccc(Cl)cc2C(CN(C(=O)O)c2ccc(Oc3ccccc3)cc2)(C(F)(F)F)O1. The molecule has 2 N–H and O–H groups in total. The number of carboxylic acid groups (broad SMARTS) is 1. The van der Waals surface area contributed by atoms with Gasteiger partial charge in [0.2, 0.25) is 0 Å². The minimum absolute atomic E-state index is 0.0450. The van der Waals surface area contributed by atoms with Gasteiger partial charge in [-0.2, -0.15) is 13.2 Å². The lowest BCUT2D eigenvalue weighted by atomic mass is 9.89. The molecule has 176 valence electrons. The summed E-state index contributed by atoms with van der Waals surface area (Å²) in [5, 5.41) is 11.9. The van der Waals surface area contributed by atoms with Crippen molar-refractivity contribution < 1.29 is 37.3 Å². The molecule has 0 bridgehead atoms. The summed E-state index contributed by atoms with van der Waals surface area (Å²) in [5.74, 6) is 0.868. The number of ether oxygens (including phenoxy) is 2. The van der Waals surface area contributed by atoms with Gasteiger partial charge in [-0.3, -0.25) is 10.2 Å². The van der Waals surface area contributed by atoms with Crippen molar-refractivity contribution >= 4 is 35.2 Å². The average molecular weight is 493 g/mol. The molecule has 1 atom stereocenters. The lowest BCUT2D eigenvalue weighted by Gasteiger charge is -2.41. The van der Waals surface area contributed by atoms with Crippen LogP contribution in [0.4, 0.5) is 34.1 Å². The number of hydrogen-bond donors (Lipinski definition) is 2. The maximum Gasteiger partial charge on any atom is 0.434 e. The molecule has 34 heavy (non-hydrogen) atoms. The van der Waals surface area contributed by atoms with Crippen molar-refractivity contribution in [2.24, 2.45) is 0 Å². The number of benzene rings is 3. The third-order valence-corrected chi connectivity index (χ3v) is 5.35. The van der Waals surface area contributed by atoms with E-state index in [1.165, 1.54) is 36.4 Å². The van der Waals surface area contributed by atoms with Crippen LogP contribution < -0.4 is 15.0 Å². The van der Waals surface area contributed by atoms with Crippen molar-refractivity contribution in [2.45, 2.75) is 11.8 Å². The van der Waals surface area contributed by atoms with Gasteiger partial charge in [0.1, 0.15) is 11.5 Å². The fourth-order valence-electron chi connectivity index (χ4n) is 3.54. The van der Waals surface area contributed by atoms with Gasteiger partial charge in [-0.15, -0.1) is 0 Å². The maximum atomic E-state index is 14.4. The first-order valence-corrected chi connectivity index (χ1v) is 10.2. The number of anilines is 2. The number of halogens is 4. The Labute approximate surface area is 196 Å². The van der Waals surface area contributed by atoms with Crippen LogP contribution in [0.15, 0.2) is 72.8 Å². The number of alkyl halides is 3. The van der Waals surface area contributed by atoms with Crippen LogP contribution in [-0.4, -0.2) is 30.0 Å². The van der Waals surface area contributed by atoms with Crippen LogP contribution in [-0.2, 0) is 10.3 Å². The van der Waals surface area contributed by atoms with Crippen molar-refractivity contribution in [3.63, 3.8) is 0 Å². The monoisotopic (exact) mass is 492 g/mol.